The van der Waals surface area contributed by atoms with Gasteiger partial charge in [0.05, 0.1) is 166 Å². The molecule has 0 unspecified atom stereocenters. The lowest BCUT2D eigenvalue weighted by molar-refractivity contribution is -0.153. The van der Waals surface area contributed by atoms with Crippen LogP contribution >= 0.6 is 0 Å². The van der Waals surface area contributed by atoms with Crippen LogP contribution in [0.25, 0.3) is 67.9 Å². The van der Waals surface area contributed by atoms with Crippen LogP contribution in [0, 0.1) is 21.7 Å². The molecule has 4 spiro atoms. The number of fused-ring (bicyclic) bond motifs is 8. The first-order chi connectivity index (χ1) is 73.1. The Bertz CT molecular complexity index is 6780. The third kappa shape index (κ3) is 23.0. The second-order valence-electron chi connectivity index (χ2n) is 42.1. The minimum atomic E-state index is 0.122. The van der Waals surface area contributed by atoms with Crippen molar-refractivity contribution in [1.82, 2.24) is 49.5 Å². The van der Waals surface area contributed by atoms with E-state index in [1.165, 1.54) is 44.5 Å². The standard InChI is InChI=1S/C31H34N2O5.C30H33N3O5.C30H32N2O5.C29H31N3O5/c1-21-14-22-5-6-24(16-23(22)15-21)38-27-7-10-32-26-18-29(28(35-2)17-25(26)27)37-13-3-4-30(34)33-11-8-31(9-12-33)19-36-20-31;1-20-12-21-14-22(17-32-24(21)13-20)38-26-5-8-31-25-16-28(27(35-2)15-23(25)26)37-11-3-4-29(34)33-9-6-30(7-10-33)18-36-19-30;1-20-13-21-3-4-23(15-22(21)14-20)37-26-5-9-31-25-17-28(27(34-2)16-24(25)26)36-12-6-29(33)32-10-7-30(8-11-32)18-35-19-30;1-19-11-20-13-21(16-31-23(20)12-19)37-25-3-7-30-24-15-27(26(34-2)14-22(24)25)36-10-4-28(33)32-8-5-29(6-9-32)17-35-18-29/h5-7,10,15-18H,3-4,8-9,11-14,19-20H2,1-2H3;5,8,12,14-17H,3-4,6-7,9-11,13,18-19H2,1-2H3;3-5,9,14-17H,6-8,10-13,18-19H2,1-2H3;3,7,11,13-16H,4-6,8-10,12,17-18H2,1-2H3. The first-order valence-corrected chi connectivity index (χ1v) is 52.5. The van der Waals surface area contributed by atoms with E-state index in [4.69, 9.17) is 75.8 Å². The van der Waals surface area contributed by atoms with Gasteiger partial charge in [-0.15, -0.1) is 0 Å². The second kappa shape index (κ2) is 44.8. The van der Waals surface area contributed by atoms with Gasteiger partial charge in [0.2, 0.25) is 23.6 Å². The molecule has 12 aromatic rings. The Labute approximate surface area is 873 Å². The summed E-state index contributed by atoms with van der Waals surface area (Å²) in [6.07, 6.45) is 34.0. The van der Waals surface area contributed by atoms with Gasteiger partial charge in [0.15, 0.2) is 46.0 Å². The number of hydrogen-bond acceptors (Lipinski definition) is 26. The maximum Gasteiger partial charge on any atom is 0.225 e. The van der Waals surface area contributed by atoms with Crippen LogP contribution in [0.4, 0.5) is 0 Å². The Kier molecular flexibility index (Phi) is 30.3. The van der Waals surface area contributed by atoms with Gasteiger partial charge in [0, 0.05) is 170 Å². The summed E-state index contributed by atoms with van der Waals surface area (Å²) in [4.78, 5) is 85.9. The molecule has 14 heterocycles. The molecular formula is C120H130N10O20. The molecule has 24 rings (SSSR count). The predicted molar refractivity (Wildman–Crippen MR) is 570 cm³/mol. The number of aromatic nitrogens is 6. The average Bonchev–Trinajstić information content (AvgIpc) is 0.940. The van der Waals surface area contributed by atoms with Gasteiger partial charge in [-0.25, -0.2) is 0 Å². The highest BCUT2D eigenvalue weighted by Gasteiger charge is 2.46. The van der Waals surface area contributed by atoms with Gasteiger partial charge in [0.1, 0.15) is 46.0 Å². The zero-order valence-electron chi connectivity index (χ0n) is 86.8. The molecule has 4 amide bonds. The van der Waals surface area contributed by atoms with E-state index in [2.05, 4.69) is 106 Å². The molecule has 0 bridgehead atoms. The molecule has 780 valence electrons. The number of benzene rings is 6. The summed E-state index contributed by atoms with van der Waals surface area (Å²) in [6.45, 7) is 23.2. The largest absolute Gasteiger partial charge is 0.493 e. The molecule has 0 atom stereocenters. The molecule has 8 aliphatic heterocycles. The quantitative estimate of drug-likeness (QED) is 0.0378. The van der Waals surface area contributed by atoms with E-state index in [0.29, 0.717) is 159 Å². The molecule has 6 aromatic heterocycles. The number of piperidine rings is 4. The number of carbonyl (C=O) groups excluding carboxylic acids is 4. The molecule has 30 nitrogen and oxygen atoms in total. The van der Waals surface area contributed by atoms with Crippen molar-refractivity contribution >= 4 is 91.5 Å². The summed E-state index contributed by atoms with van der Waals surface area (Å²) in [7, 11) is 6.45. The average molecular weight is 2030 g/mol. The van der Waals surface area contributed by atoms with Gasteiger partial charge in [0.25, 0.3) is 0 Å². The monoisotopic (exact) mass is 2030 g/mol. The lowest BCUT2D eigenvalue weighted by atomic mass is 9.77. The minimum absolute atomic E-state index is 0.122. The summed E-state index contributed by atoms with van der Waals surface area (Å²) in [6, 6.07) is 38.8. The zero-order chi connectivity index (χ0) is 103. The maximum absolute atomic E-state index is 12.7. The van der Waals surface area contributed by atoms with Crippen LogP contribution in [0.3, 0.4) is 0 Å². The Morgan fingerprint density at radius 1 is 0.287 bits per heavy atom. The van der Waals surface area contributed by atoms with Crippen molar-refractivity contribution in [1.29, 1.82) is 0 Å². The fourth-order valence-corrected chi connectivity index (χ4v) is 21.9. The van der Waals surface area contributed by atoms with Crippen molar-refractivity contribution in [2.24, 2.45) is 21.7 Å². The number of pyridine rings is 6. The molecule has 6 aromatic carbocycles. The molecule has 0 radical (unpaired) electrons. The highest BCUT2D eigenvalue weighted by molar-refractivity contribution is 5.92. The Morgan fingerprint density at radius 2 is 0.553 bits per heavy atom. The van der Waals surface area contributed by atoms with Crippen molar-refractivity contribution in [3.05, 3.63) is 226 Å². The number of methoxy groups -OCH3 is 4. The van der Waals surface area contributed by atoms with Crippen LogP contribution in [-0.4, -0.2) is 233 Å². The van der Waals surface area contributed by atoms with Crippen LogP contribution in [0.1, 0.15) is 162 Å². The van der Waals surface area contributed by atoms with Crippen LogP contribution in [0.2, 0.25) is 0 Å². The number of ether oxygens (including phenoxy) is 16. The molecule has 0 saturated carbocycles. The zero-order valence-corrected chi connectivity index (χ0v) is 86.8. The Balaban J connectivity index is 0.000000117. The highest BCUT2D eigenvalue weighted by Crippen LogP contribution is 2.48. The maximum atomic E-state index is 12.7. The predicted octanol–water partition coefficient (Wildman–Crippen LogP) is 21.2. The molecule has 8 saturated heterocycles. The molecule has 150 heavy (non-hydrogen) atoms. The Hall–Kier alpha value is -14.5. The number of hydrogen-bond donors (Lipinski definition) is 0. The first kappa shape index (κ1) is 101. The molecule has 30 heteroatoms. The Morgan fingerprint density at radius 3 is 0.840 bits per heavy atom. The summed E-state index contributed by atoms with van der Waals surface area (Å²) in [5, 5.41) is 3.30. The summed E-state index contributed by atoms with van der Waals surface area (Å²) in [5.74, 6) is 11.0. The van der Waals surface area contributed by atoms with E-state index in [1.54, 1.807) is 65.6 Å². The summed E-state index contributed by atoms with van der Waals surface area (Å²) in [5.41, 5.74) is 19.0. The van der Waals surface area contributed by atoms with Crippen molar-refractivity contribution in [3.63, 3.8) is 0 Å². The number of likely N-dealkylation sites (tertiary alicyclic amines) is 4. The van der Waals surface area contributed by atoms with Crippen molar-refractivity contribution < 1.29 is 95.0 Å². The topological polar surface area (TPSA) is 306 Å². The van der Waals surface area contributed by atoms with E-state index in [-0.39, 0.29) is 36.8 Å². The van der Waals surface area contributed by atoms with Gasteiger partial charge in [-0.05, 0) is 223 Å². The lowest BCUT2D eigenvalue weighted by Gasteiger charge is -2.47. The number of nitrogens with zero attached hydrogens (tertiary/aromatic N) is 10. The summed E-state index contributed by atoms with van der Waals surface area (Å²) >= 11 is 0. The normalized spacial score (nSPS) is 17.7. The third-order valence-electron chi connectivity index (χ3n) is 31.2. The molecule has 12 aliphatic rings. The van der Waals surface area contributed by atoms with Gasteiger partial charge >= 0.3 is 0 Å². The van der Waals surface area contributed by atoms with Gasteiger partial charge in [-0.3, -0.25) is 49.1 Å². The lowest BCUT2D eigenvalue weighted by Crippen LogP contribution is -2.52. The molecular weight excluding hydrogens is 1900 g/mol. The summed E-state index contributed by atoms with van der Waals surface area (Å²) < 4.78 is 93.1. The van der Waals surface area contributed by atoms with Crippen LogP contribution in [0.15, 0.2) is 181 Å². The fraction of sp³-hybridized carbons (Fsp3) is 0.417. The van der Waals surface area contributed by atoms with E-state index >= 15 is 0 Å². The highest BCUT2D eigenvalue weighted by atomic mass is 16.5. The van der Waals surface area contributed by atoms with Gasteiger partial charge in [-0.2, -0.15) is 0 Å². The van der Waals surface area contributed by atoms with Crippen LogP contribution in [0.5, 0.6) is 92.0 Å². The SMILES string of the molecule is COc1cc2c(Oc3ccc4c(c3)C=C(C)C4)ccnc2cc1OCCC(=O)N1CCC2(CC1)COC2.COc1cc2c(Oc3ccc4c(c3)C=C(C)C4)ccnc2cc1OCCCC(=O)N1CCC2(CC1)COC2.COc1cc2c(Oc3cnc4c(c3)C=C(C)C4)ccnc2cc1OCCC(=O)N1CCC2(CC1)COC2.COc1cc2c(Oc3cnc4c(c3)C=C(C)C4)ccnc2cc1OCCCC(=O)N1CCC2(CC1)COC2. The number of rotatable bonds is 30. The third-order valence-corrected chi connectivity index (χ3v) is 31.2. The van der Waals surface area contributed by atoms with Crippen LogP contribution < -0.4 is 56.8 Å². The number of carbonyl (C=O) groups is 4. The second-order valence-corrected chi connectivity index (χ2v) is 42.1. The van der Waals surface area contributed by atoms with E-state index in [9.17, 15) is 19.2 Å². The minimum Gasteiger partial charge on any atom is -0.493 e. The van der Waals surface area contributed by atoms with Crippen molar-refractivity contribution in [2.75, 3.05) is 160 Å². The first-order valence-electron chi connectivity index (χ1n) is 52.5. The van der Waals surface area contributed by atoms with Crippen molar-refractivity contribution in [3.8, 4) is 92.0 Å². The van der Waals surface area contributed by atoms with Gasteiger partial charge in [-0.1, -0.05) is 58.7 Å². The number of allylic oxidation sites excluding steroid dienone is 4. The smallest absolute Gasteiger partial charge is 0.225 e. The van der Waals surface area contributed by atoms with Crippen LogP contribution in [-0.2, 0) is 63.8 Å². The molecule has 4 aliphatic carbocycles. The molecule has 8 fully saturated rings. The fourth-order valence-electron chi connectivity index (χ4n) is 21.9. The molecule has 0 N–H and O–H groups in total. The van der Waals surface area contributed by atoms with E-state index in [0.717, 1.165) is 254 Å². The number of amides is 4. The van der Waals surface area contributed by atoms with Gasteiger partial charge < -0.3 is 95.4 Å². The van der Waals surface area contributed by atoms with E-state index in [1.807, 2.05) is 117 Å². The van der Waals surface area contributed by atoms with Crippen molar-refractivity contribution in [2.45, 2.75) is 143 Å². The van der Waals surface area contributed by atoms with E-state index < -0.39 is 0 Å².